The summed E-state index contributed by atoms with van der Waals surface area (Å²) in [6, 6.07) is 4.55. The Morgan fingerprint density at radius 2 is 1.95 bits per heavy atom. The standard InChI is InChI=1S/C12H16N2O4S3/c1-3-4-7-21(17,18)14-12-13-10-6-5-9(20(2,15)16)8-11(10)19-12/h5-6,8H,3-4,7H2,1-2H3,(H,13,14). The number of sulfonamides is 1. The molecule has 0 unspecified atom stereocenters. The molecule has 0 saturated carbocycles. The third kappa shape index (κ3) is 4.14. The van der Waals surface area contributed by atoms with Gasteiger partial charge in [-0.3, -0.25) is 4.72 Å². The molecular weight excluding hydrogens is 332 g/mol. The van der Waals surface area contributed by atoms with Gasteiger partial charge in [0.1, 0.15) is 0 Å². The summed E-state index contributed by atoms with van der Waals surface area (Å²) in [6.07, 6.45) is 2.50. The van der Waals surface area contributed by atoms with Crippen molar-refractivity contribution in [2.75, 3.05) is 16.7 Å². The summed E-state index contributed by atoms with van der Waals surface area (Å²) >= 11 is 1.12. The molecule has 116 valence electrons. The maximum Gasteiger partial charge on any atom is 0.234 e. The number of fused-ring (bicyclic) bond motifs is 1. The van der Waals surface area contributed by atoms with Crippen LogP contribution in [0.15, 0.2) is 23.1 Å². The van der Waals surface area contributed by atoms with Gasteiger partial charge in [-0.05, 0) is 24.6 Å². The average molecular weight is 348 g/mol. The molecule has 0 aliphatic rings. The van der Waals surface area contributed by atoms with Gasteiger partial charge in [0, 0.05) is 6.26 Å². The maximum absolute atomic E-state index is 11.8. The van der Waals surface area contributed by atoms with Crippen molar-refractivity contribution in [1.29, 1.82) is 0 Å². The first-order valence-electron chi connectivity index (χ1n) is 6.32. The number of hydrogen-bond acceptors (Lipinski definition) is 6. The molecule has 1 heterocycles. The lowest BCUT2D eigenvalue weighted by molar-refractivity contribution is 0.597. The van der Waals surface area contributed by atoms with Gasteiger partial charge in [-0.25, -0.2) is 21.8 Å². The molecule has 0 saturated heterocycles. The Morgan fingerprint density at radius 3 is 2.57 bits per heavy atom. The Balaban J connectivity index is 2.31. The van der Waals surface area contributed by atoms with Crippen molar-refractivity contribution in [3.63, 3.8) is 0 Å². The van der Waals surface area contributed by atoms with Crippen LogP contribution >= 0.6 is 11.3 Å². The van der Waals surface area contributed by atoms with Crippen LogP contribution in [-0.4, -0.2) is 33.8 Å². The fourth-order valence-corrected chi connectivity index (χ4v) is 4.81. The summed E-state index contributed by atoms with van der Waals surface area (Å²) < 4.78 is 49.7. The Morgan fingerprint density at radius 1 is 1.24 bits per heavy atom. The van der Waals surface area contributed by atoms with Crippen LogP contribution in [0.5, 0.6) is 0 Å². The minimum Gasteiger partial charge on any atom is -0.259 e. The molecule has 6 nitrogen and oxygen atoms in total. The van der Waals surface area contributed by atoms with Crippen molar-refractivity contribution in [3.8, 4) is 0 Å². The molecule has 21 heavy (non-hydrogen) atoms. The van der Waals surface area contributed by atoms with Crippen LogP contribution in [0.25, 0.3) is 10.2 Å². The van der Waals surface area contributed by atoms with E-state index >= 15 is 0 Å². The molecule has 2 rings (SSSR count). The lowest BCUT2D eigenvalue weighted by Gasteiger charge is -2.02. The summed E-state index contributed by atoms with van der Waals surface area (Å²) in [6.45, 7) is 1.92. The van der Waals surface area contributed by atoms with Crippen molar-refractivity contribution < 1.29 is 16.8 Å². The van der Waals surface area contributed by atoms with Crippen molar-refractivity contribution in [1.82, 2.24) is 4.98 Å². The number of sulfone groups is 1. The van der Waals surface area contributed by atoms with Gasteiger partial charge in [0.25, 0.3) is 0 Å². The minimum atomic E-state index is -3.40. The Hall–Kier alpha value is -1.19. The highest BCUT2D eigenvalue weighted by Gasteiger charge is 2.14. The second-order valence-corrected chi connectivity index (χ2v) is 9.58. The van der Waals surface area contributed by atoms with Gasteiger partial charge in [0.2, 0.25) is 10.0 Å². The minimum absolute atomic E-state index is 0.0496. The number of anilines is 1. The molecule has 1 aromatic heterocycles. The van der Waals surface area contributed by atoms with Crippen LogP contribution in [-0.2, 0) is 19.9 Å². The molecule has 0 atom stereocenters. The van der Waals surface area contributed by atoms with Gasteiger partial charge < -0.3 is 0 Å². The number of hydrogen-bond donors (Lipinski definition) is 1. The molecule has 0 amide bonds. The third-order valence-electron chi connectivity index (χ3n) is 2.80. The molecule has 9 heteroatoms. The van der Waals surface area contributed by atoms with E-state index in [1.807, 2.05) is 6.92 Å². The van der Waals surface area contributed by atoms with Crippen LogP contribution in [0.1, 0.15) is 19.8 Å². The molecule has 1 N–H and O–H groups in total. The van der Waals surface area contributed by atoms with E-state index in [1.165, 1.54) is 12.1 Å². The number of aromatic nitrogens is 1. The quantitative estimate of drug-likeness (QED) is 0.864. The third-order valence-corrected chi connectivity index (χ3v) is 6.30. The highest BCUT2D eigenvalue weighted by Crippen LogP contribution is 2.28. The number of nitrogens with one attached hydrogen (secondary N) is 1. The SMILES string of the molecule is CCCCS(=O)(=O)Nc1nc2ccc(S(C)(=O)=O)cc2s1. The fourth-order valence-electron chi connectivity index (χ4n) is 1.70. The van der Waals surface area contributed by atoms with Gasteiger partial charge in [0.15, 0.2) is 15.0 Å². The van der Waals surface area contributed by atoms with Crippen LogP contribution < -0.4 is 4.72 Å². The van der Waals surface area contributed by atoms with E-state index in [9.17, 15) is 16.8 Å². The molecule has 0 spiro atoms. The first-order chi connectivity index (χ1) is 9.71. The Labute approximate surface area is 128 Å². The van der Waals surface area contributed by atoms with Crippen molar-refractivity contribution in [2.24, 2.45) is 0 Å². The zero-order valence-corrected chi connectivity index (χ0v) is 14.1. The van der Waals surface area contributed by atoms with E-state index in [1.54, 1.807) is 6.07 Å². The summed E-state index contributed by atoms with van der Waals surface area (Å²) in [7, 11) is -6.70. The summed E-state index contributed by atoms with van der Waals surface area (Å²) in [5.41, 5.74) is 0.570. The monoisotopic (exact) mass is 348 g/mol. The average Bonchev–Trinajstić information content (AvgIpc) is 2.75. The molecular formula is C12H16N2O4S3. The lowest BCUT2D eigenvalue weighted by atomic mass is 10.3. The number of benzene rings is 1. The predicted octanol–water partition coefficient (Wildman–Crippen LogP) is 2.24. The highest BCUT2D eigenvalue weighted by molar-refractivity contribution is 7.92. The summed E-state index contributed by atoms with van der Waals surface area (Å²) in [5, 5.41) is 0.256. The molecule has 0 bridgehead atoms. The normalized spacial score (nSPS) is 12.7. The van der Waals surface area contributed by atoms with Crippen molar-refractivity contribution in [2.45, 2.75) is 24.7 Å². The largest absolute Gasteiger partial charge is 0.259 e. The van der Waals surface area contributed by atoms with Crippen LogP contribution in [0, 0.1) is 0 Å². The highest BCUT2D eigenvalue weighted by atomic mass is 32.2. The van der Waals surface area contributed by atoms with Crippen molar-refractivity contribution in [3.05, 3.63) is 18.2 Å². The second-order valence-electron chi connectivity index (χ2n) is 4.70. The van der Waals surface area contributed by atoms with Crippen LogP contribution in [0.2, 0.25) is 0 Å². The van der Waals surface area contributed by atoms with E-state index in [2.05, 4.69) is 9.71 Å². The predicted molar refractivity (Wildman–Crippen MR) is 85.0 cm³/mol. The first kappa shape index (κ1) is 16.2. The molecule has 1 aromatic carbocycles. The van der Waals surface area contributed by atoms with Gasteiger partial charge >= 0.3 is 0 Å². The molecule has 0 aliphatic heterocycles. The smallest absolute Gasteiger partial charge is 0.234 e. The van der Waals surface area contributed by atoms with E-state index in [0.717, 1.165) is 24.0 Å². The van der Waals surface area contributed by atoms with E-state index in [4.69, 9.17) is 0 Å². The van der Waals surface area contributed by atoms with E-state index < -0.39 is 19.9 Å². The van der Waals surface area contributed by atoms with Crippen molar-refractivity contribution >= 4 is 46.5 Å². The van der Waals surface area contributed by atoms with Gasteiger partial charge in [0.05, 0.1) is 20.9 Å². The molecule has 0 radical (unpaired) electrons. The topological polar surface area (TPSA) is 93.2 Å². The van der Waals surface area contributed by atoms with E-state index in [0.29, 0.717) is 16.6 Å². The van der Waals surface area contributed by atoms with Crippen LogP contribution in [0.3, 0.4) is 0 Å². The second kappa shape index (κ2) is 5.90. The number of nitrogens with zero attached hydrogens (tertiary/aromatic N) is 1. The molecule has 2 aromatic rings. The maximum atomic E-state index is 11.8. The Bertz CT molecular complexity index is 854. The summed E-state index contributed by atoms with van der Waals surface area (Å²) in [5.74, 6) is 0.0496. The van der Waals surface area contributed by atoms with E-state index in [-0.39, 0.29) is 15.8 Å². The zero-order chi connectivity index (χ0) is 15.7. The number of rotatable bonds is 6. The van der Waals surface area contributed by atoms with Gasteiger partial charge in [-0.2, -0.15) is 0 Å². The Kier molecular flexibility index (Phi) is 4.54. The number of unbranched alkanes of at least 4 members (excludes halogenated alkanes) is 1. The molecule has 0 aliphatic carbocycles. The van der Waals surface area contributed by atoms with Gasteiger partial charge in [-0.1, -0.05) is 24.7 Å². The number of thiazole rings is 1. The first-order valence-corrected chi connectivity index (χ1v) is 10.7. The lowest BCUT2D eigenvalue weighted by Crippen LogP contribution is -2.16. The van der Waals surface area contributed by atoms with Crippen LogP contribution in [0.4, 0.5) is 5.13 Å². The zero-order valence-electron chi connectivity index (χ0n) is 11.7. The molecule has 0 fully saturated rings. The summed E-state index contributed by atoms with van der Waals surface area (Å²) in [4.78, 5) is 4.36. The van der Waals surface area contributed by atoms with Gasteiger partial charge in [-0.15, -0.1) is 0 Å². The fraction of sp³-hybridized carbons (Fsp3) is 0.417.